The molecule has 0 aliphatic rings. The number of hydrogen-bond donors (Lipinski definition) is 1. The molecule has 0 saturated carbocycles. The van der Waals surface area contributed by atoms with Gasteiger partial charge in [-0.3, -0.25) is 0 Å². The normalized spacial score (nSPS) is 10.9. The Morgan fingerprint density at radius 3 is 2.58 bits per heavy atom. The molecule has 1 N–H and O–H groups in total. The van der Waals surface area contributed by atoms with E-state index in [0.29, 0.717) is 11.6 Å². The summed E-state index contributed by atoms with van der Waals surface area (Å²) in [6, 6.07) is 7.84. The first-order valence-electron chi connectivity index (χ1n) is 6.02. The second-order valence-corrected chi connectivity index (χ2v) is 4.47. The van der Waals surface area contributed by atoms with Gasteiger partial charge >= 0.3 is 0 Å². The SMILES string of the molecule is Cc1[nH]c2c(Oc3ccc(F)cc3)nccc2c1C. The molecule has 19 heavy (non-hydrogen) atoms. The molecule has 0 saturated heterocycles. The van der Waals surface area contributed by atoms with E-state index < -0.39 is 0 Å². The highest BCUT2D eigenvalue weighted by Gasteiger charge is 2.10. The third kappa shape index (κ3) is 2.05. The van der Waals surface area contributed by atoms with E-state index in [1.807, 2.05) is 13.0 Å². The summed E-state index contributed by atoms with van der Waals surface area (Å²) in [6.07, 6.45) is 1.71. The molecule has 3 aromatic rings. The maximum absolute atomic E-state index is 12.9. The quantitative estimate of drug-likeness (QED) is 0.749. The molecule has 1 aromatic carbocycles. The lowest BCUT2D eigenvalue weighted by atomic mass is 10.2. The number of aromatic amines is 1. The monoisotopic (exact) mass is 256 g/mol. The number of aryl methyl sites for hydroxylation is 2. The minimum atomic E-state index is -0.287. The molecule has 0 radical (unpaired) electrons. The Bertz CT molecular complexity index is 732. The average Bonchev–Trinajstić information content (AvgIpc) is 2.70. The van der Waals surface area contributed by atoms with Crippen LogP contribution in [0.15, 0.2) is 36.5 Å². The van der Waals surface area contributed by atoms with Gasteiger partial charge in [0, 0.05) is 17.3 Å². The van der Waals surface area contributed by atoms with Crippen LogP contribution in [0.5, 0.6) is 11.6 Å². The fourth-order valence-electron chi connectivity index (χ4n) is 2.05. The Hall–Kier alpha value is -2.36. The molecule has 96 valence electrons. The van der Waals surface area contributed by atoms with Gasteiger partial charge in [-0.1, -0.05) is 0 Å². The Balaban J connectivity index is 2.05. The molecule has 2 heterocycles. The van der Waals surface area contributed by atoms with E-state index >= 15 is 0 Å². The first-order valence-corrected chi connectivity index (χ1v) is 6.02. The predicted molar refractivity (Wildman–Crippen MR) is 72.0 cm³/mol. The third-order valence-electron chi connectivity index (χ3n) is 3.22. The van der Waals surface area contributed by atoms with Gasteiger partial charge in [0.05, 0.1) is 0 Å². The Morgan fingerprint density at radius 2 is 1.84 bits per heavy atom. The fraction of sp³-hybridized carbons (Fsp3) is 0.133. The number of pyridine rings is 1. The van der Waals surface area contributed by atoms with Gasteiger partial charge in [-0.15, -0.1) is 0 Å². The van der Waals surface area contributed by atoms with Gasteiger partial charge in [-0.25, -0.2) is 9.37 Å². The van der Waals surface area contributed by atoms with E-state index in [1.54, 1.807) is 18.3 Å². The molecule has 0 aliphatic carbocycles. The Labute approximate surface area is 110 Å². The van der Waals surface area contributed by atoms with E-state index in [9.17, 15) is 4.39 Å². The smallest absolute Gasteiger partial charge is 0.243 e. The van der Waals surface area contributed by atoms with E-state index in [-0.39, 0.29) is 5.82 Å². The number of nitrogens with zero attached hydrogens (tertiary/aromatic N) is 1. The Kier molecular flexibility index (Phi) is 2.71. The van der Waals surface area contributed by atoms with Gasteiger partial charge in [-0.2, -0.15) is 0 Å². The molecule has 0 atom stereocenters. The topological polar surface area (TPSA) is 37.9 Å². The summed E-state index contributed by atoms with van der Waals surface area (Å²) in [5, 5.41) is 1.09. The van der Waals surface area contributed by atoms with Crippen LogP contribution in [0.1, 0.15) is 11.3 Å². The maximum atomic E-state index is 12.9. The fourth-order valence-corrected chi connectivity index (χ4v) is 2.05. The number of H-pyrrole nitrogens is 1. The van der Waals surface area contributed by atoms with E-state index in [0.717, 1.165) is 16.6 Å². The molecule has 0 unspecified atom stereocenters. The zero-order chi connectivity index (χ0) is 13.4. The highest BCUT2D eigenvalue weighted by Crippen LogP contribution is 2.30. The van der Waals surface area contributed by atoms with Crippen molar-refractivity contribution in [2.45, 2.75) is 13.8 Å². The van der Waals surface area contributed by atoms with Gasteiger partial charge in [0.1, 0.15) is 17.1 Å². The second-order valence-electron chi connectivity index (χ2n) is 4.47. The second kappa shape index (κ2) is 4.39. The number of ether oxygens (including phenoxy) is 1. The number of aromatic nitrogens is 2. The summed E-state index contributed by atoms with van der Waals surface area (Å²) in [5.74, 6) is 0.775. The molecule has 0 fully saturated rings. The van der Waals surface area contributed by atoms with Crippen molar-refractivity contribution in [1.82, 2.24) is 9.97 Å². The molecule has 0 bridgehead atoms. The van der Waals surface area contributed by atoms with Crippen LogP contribution in [0.3, 0.4) is 0 Å². The van der Waals surface area contributed by atoms with Crippen molar-refractivity contribution in [2.75, 3.05) is 0 Å². The van der Waals surface area contributed by atoms with Crippen LogP contribution in [0.25, 0.3) is 10.9 Å². The van der Waals surface area contributed by atoms with Crippen LogP contribution >= 0.6 is 0 Å². The zero-order valence-corrected chi connectivity index (χ0v) is 10.7. The van der Waals surface area contributed by atoms with E-state index in [2.05, 4.69) is 16.9 Å². The summed E-state index contributed by atoms with van der Waals surface area (Å²) >= 11 is 0. The number of hydrogen-bond acceptors (Lipinski definition) is 2. The van der Waals surface area contributed by atoms with Gasteiger partial charge in [-0.05, 0) is 49.7 Å². The van der Waals surface area contributed by atoms with Crippen LogP contribution in [0.2, 0.25) is 0 Å². The van der Waals surface area contributed by atoms with Gasteiger partial charge in [0.25, 0.3) is 0 Å². The summed E-state index contributed by atoms with van der Waals surface area (Å²) in [6.45, 7) is 4.06. The standard InChI is InChI=1S/C15H13FN2O/c1-9-10(2)18-14-13(9)7-8-17-15(14)19-12-5-3-11(16)4-6-12/h3-8,18H,1-2H3. The minimum absolute atomic E-state index is 0.287. The first kappa shape index (κ1) is 11.7. The van der Waals surface area contributed by atoms with Crippen LogP contribution in [0, 0.1) is 19.7 Å². The first-order chi connectivity index (χ1) is 9.15. The lowest BCUT2D eigenvalue weighted by Crippen LogP contribution is -1.89. The molecule has 0 aliphatic heterocycles. The minimum Gasteiger partial charge on any atom is -0.437 e. The summed E-state index contributed by atoms with van der Waals surface area (Å²) in [4.78, 5) is 7.50. The van der Waals surface area contributed by atoms with E-state index in [4.69, 9.17) is 4.74 Å². The molecule has 3 nitrogen and oxygen atoms in total. The van der Waals surface area contributed by atoms with Crippen molar-refractivity contribution in [3.8, 4) is 11.6 Å². The highest BCUT2D eigenvalue weighted by molar-refractivity contribution is 5.88. The number of rotatable bonds is 2. The molecule has 4 heteroatoms. The summed E-state index contributed by atoms with van der Waals surface area (Å²) in [5.41, 5.74) is 3.13. The molecule has 3 rings (SSSR count). The average molecular weight is 256 g/mol. The number of benzene rings is 1. The predicted octanol–water partition coefficient (Wildman–Crippen LogP) is 4.11. The number of nitrogens with one attached hydrogen (secondary N) is 1. The molecular weight excluding hydrogens is 243 g/mol. The molecular formula is C15H13FN2O. The van der Waals surface area contributed by atoms with Gasteiger partial charge in [0.2, 0.25) is 5.88 Å². The Morgan fingerprint density at radius 1 is 1.11 bits per heavy atom. The molecule has 0 spiro atoms. The molecule has 0 amide bonds. The van der Waals surface area contributed by atoms with Gasteiger partial charge < -0.3 is 9.72 Å². The van der Waals surface area contributed by atoms with Gasteiger partial charge in [0.15, 0.2) is 0 Å². The zero-order valence-electron chi connectivity index (χ0n) is 10.7. The lowest BCUT2D eigenvalue weighted by molar-refractivity contribution is 0.466. The van der Waals surface area contributed by atoms with Crippen molar-refractivity contribution in [1.29, 1.82) is 0 Å². The van der Waals surface area contributed by atoms with E-state index in [1.165, 1.54) is 17.7 Å². The summed E-state index contributed by atoms with van der Waals surface area (Å²) in [7, 11) is 0. The van der Waals surface area contributed by atoms with Crippen molar-refractivity contribution in [2.24, 2.45) is 0 Å². The van der Waals surface area contributed by atoms with Crippen molar-refractivity contribution < 1.29 is 9.13 Å². The largest absolute Gasteiger partial charge is 0.437 e. The van der Waals surface area contributed by atoms with Crippen LogP contribution in [0.4, 0.5) is 4.39 Å². The lowest BCUT2D eigenvalue weighted by Gasteiger charge is -2.05. The third-order valence-corrected chi connectivity index (χ3v) is 3.22. The molecule has 2 aromatic heterocycles. The maximum Gasteiger partial charge on any atom is 0.243 e. The van der Waals surface area contributed by atoms with Crippen molar-refractivity contribution >= 4 is 10.9 Å². The highest BCUT2D eigenvalue weighted by atomic mass is 19.1. The summed E-state index contributed by atoms with van der Waals surface area (Å²) < 4.78 is 18.6. The van der Waals surface area contributed by atoms with Crippen LogP contribution in [-0.2, 0) is 0 Å². The van der Waals surface area contributed by atoms with Crippen molar-refractivity contribution in [3.63, 3.8) is 0 Å². The van der Waals surface area contributed by atoms with Crippen LogP contribution in [-0.4, -0.2) is 9.97 Å². The number of fused-ring (bicyclic) bond motifs is 1. The van der Waals surface area contributed by atoms with Crippen molar-refractivity contribution in [3.05, 3.63) is 53.6 Å². The number of halogens is 1. The van der Waals surface area contributed by atoms with Crippen LogP contribution < -0.4 is 4.74 Å².